The summed E-state index contributed by atoms with van der Waals surface area (Å²) in [6.45, 7) is 1.90. The number of rotatable bonds is 11. The van der Waals surface area contributed by atoms with Gasteiger partial charge in [-0.15, -0.1) is 11.8 Å². The topological polar surface area (TPSA) is 89.0 Å². The first kappa shape index (κ1) is 24.9. The van der Waals surface area contributed by atoms with Crippen LogP contribution in [0, 0.1) is 6.92 Å². The van der Waals surface area contributed by atoms with Gasteiger partial charge in [-0.25, -0.2) is 5.43 Å². The van der Waals surface area contributed by atoms with Crippen LogP contribution in [0.15, 0.2) is 77.9 Å². The van der Waals surface area contributed by atoms with E-state index in [1.165, 1.54) is 11.8 Å². The van der Waals surface area contributed by atoms with E-state index in [-0.39, 0.29) is 18.4 Å². The van der Waals surface area contributed by atoms with Gasteiger partial charge in [0.05, 0.1) is 19.1 Å². The molecule has 0 aliphatic carbocycles. The molecular weight excluding hydrogens is 450 g/mol. The Hall–Kier alpha value is -3.78. The lowest BCUT2D eigenvalue weighted by molar-refractivity contribution is -0.119. The number of hydrazone groups is 1. The minimum atomic E-state index is -0.234. The van der Waals surface area contributed by atoms with Gasteiger partial charge in [0, 0.05) is 11.4 Å². The summed E-state index contributed by atoms with van der Waals surface area (Å²) in [6, 6.07) is 22.4. The highest BCUT2D eigenvalue weighted by Gasteiger charge is 2.04. The summed E-state index contributed by atoms with van der Waals surface area (Å²) in [5.74, 6) is 2.00. The molecule has 34 heavy (non-hydrogen) atoms. The fourth-order valence-electron chi connectivity index (χ4n) is 2.83. The van der Waals surface area contributed by atoms with Crippen molar-refractivity contribution in [2.24, 2.45) is 5.10 Å². The Labute approximate surface area is 203 Å². The molecule has 0 aromatic heterocycles. The molecule has 8 heteroatoms. The first-order valence-corrected chi connectivity index (χ1v) is 11.8. The summed E-state index contributed by atoms with van der Waals surface area (Å²) in [5, 5.41) is 6.77. The first-order chi connectivity index (χ1) is 16.5. The highest BCUT2D eigenvalue weighted by Crippen LogP contribution is 2.16. The molecule has 2 amide bonds. The number of carbonyl (C=O) groups is 2. The highest BCUT2D eigenvalue weighted by molar-refractivity contribution is 7.99. The molecule has 7 nitrogen and oxygen atoms in total. The van der Waals surface area contributed by atoms with Gasteiger partial charge in [-0.2, -0.15) is 5.10 Å². The molecule has 0 fully saturated rings. The number of hydrogen-bond donors (Lipinski definition) is 2. The maximum Gasteiger partial charge on any atom is 0.262 e. The summed E-state index contributed by atoms with van der Waals surface area (Å²) in [4.78, 5) is 24.0. The summed E-state index contributed by atoms with van der Waals surface area (Å²) in [6.07, 6.45) is 1.56. The van der Waals surface area contributed by atoms with Gasteiger partial charge >= 0.3 is 0 Å². The first-order valence-electron chi connectivity index (χ1n) is 10.6. The summed E-state index contributed by atoms with van der Waals surface area (Å²) < 4.78 is 10.7. The quantitative estimate of drug-likeness (QED) is 0.316. The van der Waals surface area contributed by atoms with Gasteiger partial charge in [0.1, 0.15) is 11.5 Å². The summed E-state index contributed by atoms with van der Waals surface area (Å²) in [5.41, 5.74) is 6.29. The van der Waals surface area contributed by atoms with Crippen molar-refractivity contribution in [1.82, 2.24) is 5.43 Å². The van der Waals surface area contributed by atoms with Gasteiger partial charge in [0.2, 0.25) is 5.91 Å². The molecule has 0 aliphatic heterocycles. The molecule has 3 rings (SSSR count). The van der Waals surface area contributed by atoms with Crippen LogP contribution in [0.25, 0.3) is 0 Å². The predicted molar refractivity (Wildman–Crippen MR) is 137 cm³/mol. The summed E-state index contributed by atoms with van der Waals surface area (Å²) in [7, 11) is 1.63. The molecule has 0 radical (unpaired) electrons. The molecule has 176 valence electrons. The molecule has 2 N–H and O–H groups in total. The van der Waals surface area contributed by atoms with Crippen LogP contribution >= 0.6 is 11.8 Å². The van der Waals surface area contributed by atoms with E-state index in [1.807, 2.05) is 55.5 Å². The molecule has 0 bridgehead atoms. The van der Waals surface area contributed by atoms with E-state index in [0.717, 1.165) is 33.9 Å². The molecule has 0 atom stereocenters. The monoisotopic (exact) mass is 477 g/mol. The van der Waals surface area contributed by atoms with Crippen molar-refractivity contribution in [3.8, 4) is 11.5 Å². The van der Waals surface area contributed by atoms with Crippen molar-refractivity contribution < 1.29 is 19.1 Å². The molecule has 0 heterocycles. The van der Waals surface area contributed by atoms with Crippen LogP contribution < -0.4 is 20.2 Å². The zero-order valence-electron chi connectivity index (χ0n) is 19.1. The summed E-state index contributed by atoms with van der Waals surface area (Å²) >= 11 is 1.51. The van der Waals surface area contributed by atoms with Gasteiger partial charge in [-0.05, 0) is 66.6 Å². The van der Waals surface area contributed by atoms with E-state index in [0.29, 0.717) is 11.5 Å². The van der Waals surface area contributed by atoms with Crippen LogP contribution in [0.5, 0.6) is 11.5 Å². The zero-order valence-corrected chi connectivity index (χ0v) is 19.9. The second-order valence-electron chi connectivity index (χ2n) is 7.41. The van der Waals surface area contributed by atoms with Crippen molar-refractivity contribution >= 4 is 35.5 Å². The Balaban J connectivity index is 1.34. The van der Waals surface area contributed by atoms with Gasteiger partial charge < -0.3 is 14.8 Å². The lowest BCUT2D eigenvalue weighted by atomic mass is 10.2. The standard InChI is InChI=1S/C26H27N3O4S/c1-19-3-9-22(10-4-19)28-25(30)16-33-24-13-5-20(6-14-24)15-27-29-26(31)18-34-17-21-7-11-23(32-2)12-8-21/h3-15H,16-18H2,1-2H3,(H,28,30)(H,29,31)/b27-15-. The van der Waals surface area contributed by atoms with Crippen LogP contribution in [-0.4, -0.2) is 37.5 Å². The van der Waals surface area contributed by atoms with Gasteiger partial charge in [0.15, 0.2) is 6.61 Å². The normalized spacial score (nSPS) is 10.6. The smallest absolute Gasteiger partial charge is 0.262 e. The van der Waals surface area contributed by atoms with Gasteiger partial charge in [-0.1, -0.05) is 29.8 Å². The number of benzene rings is 3. The Kier molecular flexibility index (Phi) is 9.54. The minimum absolute atomic E-state index is 0.0917. The van der Waals surface area contributed by atoms with Gasteiger partial charge in [0.25, 0.3) is 5.91 Å². The lowest BCUT2D eigenvalue weighted by Crippen LogP contribution is -2.20. The third-order valence-corrected chi connectivity index (χ3v) is 5.65. The second-order valence-corrected chi connectivity index (χ2v) is 8.39. The van der Waals surface area contributed by atoms with E-state index in [4.69, 9.17) is 9.47 Å². The van der Waals surface area contributed by atoms with E-state index in [9.17, 15) is 9.59 Å². The Morgan fingerprint density at radius 1 is 0.912 bits per heavy atom. The number of methoxy groups -OCH3 is 1. The fourth-order valence-corrected chi connectivity index (χ4v) is 3.61. The van der Waals surface area contributed by atoms with Crippen LogP contribution in [0.3, 0.4) is 0 Å². The van der Waals surface area contributed by atoms with Crippen LogP contribution in [0.4, 0.5) is 5.69 Å². The molecule has 0 spiro atoms. The molecule has 3 aromatic carbocycles. The van der Waals surface area contributed by atoms with Crippen LogP contribution in [0.1, 0.15) is 16.7 Å². The molecule has 3 aromatic rings. The number of carbonyl (C=O) groups excluding carboxylic acids is 2. The molecule has 0 aliphatic rings. The highest BCUT2D eigenvalue weighted by atomic mass is 32.2. The second kappa shape index (κ2) is 13.1. The molecular formula is C26H27N3O4S. The molecule has 0 unspecified atom stereocenters. The van der Waals surface area contributed by atoms with Crippen molar-refractivity contribution in [3.63, 3.8) is 0 Å². The Bertz CT molecular complexity index is 1100. The minimum Gasteiger partial charge on any atom is -0.497 e. The van der Waals surface area contributed by atoms with Crippen LogP contribution in [-0.2, 0) is 15.3 Å². The fraction of sp³-hybridized carbons (Fsp3) is 0.192. The number of ether oxygens (including phenoxy) is 2. The number of nitrogens with one attached hydrogen (secondary N) is 2. The SMILES string of the molecule is COc1ccc(CSCC(=O)N/N=C\c2ccc(OCC(=O)Nc3ccc(C)cc3)cc2)cc1. The third kappa shape index (κ3) is 8.63. The number of aryl methyl sites for hydroxylation is 1. The van der Waals surface area contributed by atoms with E-state index in [1.54, 1.807) is 37.6 Å². The van der Waals surface area contributed by atoms with E-state index >= 15 is 0 Å². The van der Waals surface area contributed by atoms with Crippen LogP contribution in [0.2, 0.25) is 0 Å². The Morgan fingerprint density at radius 2 is 1.59 bits per heavy atom. The Morgan fingerprint density at radius 3 is 2.26 bits per heavy atom. The number of thioether (sulfide) groups is 1. The molecule has 0 saturated heterocycles. The molecule has 0 saturated carbocycles. The van der Waals surface area contributed by atoms with Crippen molar-refractivity contribution in [3.05, 3.63) is 89.5 Å². The number of amides is 2. The van der Waals surface area contributed by atoms with Gasteiger partial charge in [-0.3, -0.25) is 9.59 Å². The average Bonchev–Trinajstić information content (AvgIpc) is 2.85. The lowest BCUT2D eigenvalue weighted by Gasteiger charge is -2.08. The predicted octanol–water partition coefficient (Wildman–Crippen LogP) is 4.40. The van der Waals surface area contributed by atoms with Crippen molar-refractivity contribution in [2.75, 3.05) is 24.8 Å². The van der Waals surface area contributed by atoms with Crippen molar-refractivity contribution in [1.29, 1.82) is 0 Å². The zero-order chi connectivity index (χ0) is 24.2. The van der Waals surface area contributed by atoms with E-state index in [2.05, 4.69) is 15.8 Å². The largest absolute Gasteiger partial charge is 0.497 e. The maximum absolute atomic E-state index is 12.0. The average molecular weight is 478 g/mol. The third-order valence-electron chi connectivity index (χ3n) is 4.65. The number of nitrogens with zero attached hydrogens (tertiary/aromatic N) is 1. The maximum atomic E-state index is 12.0. The van der Waals surface area contributed by atoms with E-state index < -0.39 is 0 Å². The number of anilines is 1. The number of hydrogen-bond acceptors (Lipinski definition) is 6. The van der Waals surface area contributed by atoms with Crippen molar-refractivity contribution in [2.45, 2.75) is 12.7 Å².